The Kier molecular flexibility index (Phi) is 4.17. The summed E-state index contributed by atoms with van der Waals surface area (Å²) in [5, 5.41) is 0.865. The Balaban J connectivity index is 2.06. The summed E-state index contributed by atoms with van der Waals surface area (Å²) in [4.78, 5) is 8.39. The molecular weight excluding hydrogens is 244 g/mol. The van der Waals surface area contributed by atoms with Crippen LogP contribution in [0.15, 0.2) is 35.6 Å². The average Bonchev–Trinajstić information content (AvgIpc) is 2.35. The second-order valence-electron chi connectivity index (χ2n) is 4.17. The number of hydrogen-bond acceptors (Lipinski definition) is 5. The van der Waals surface area contributed by atoms with Crippen molar-refractivity contribution in [1.82, 2.24) is 9.97 Å². The molecule has 0 aliphatic carbocycles. The van der Waals surface area contributed by atoms with Crippen molar-refractivity contribution in [2.45, 2.75) is 24.6 Å². The van der Waals surface area contributed by atoms with Gasteiger partial charge in [-0.1, -0.05) is 29.3 Å². The molecule has 0 saturated heterocycles. The maximum Gasteiger partial charge on any atom is 0.159 e. The lowest BCUT2D eigenvalue weighted by Gasteiger charge is -2.05. The van der Waals surface area contributed by atoms with Gasteiger partial charge in [-0.2, -0.15) is 0 Å². The van der Waals surface area contributed by atoms with Crippen LogP contribution in [0.25, 0.3) is 0 Å². The van der Waals surface area contributed by atoms with Gasteiger partial charge < -0.3 is 5.43 Å². The van der Waals surface area contributed by atoms with E-state index in [4.69, 9.17) is 5.84 Å². The number of hydrazine groups is 1. The molecule has 1 aromatic heterocycles. The molecule has 2 aromatic rings. The molecule has 3 N–H and O–H groups in total. The zero-order valence-corrected chi connectivity index (χ0v) is 11.3. The van der Waals surface area contributed by atoms with Crippen molar-refractivity contribution in [1.29, 1.82) is 0 Å². The fourth-order valence-electron chi connectivity index (χ4n) is 1.80. The minimum absolute atomic E-state index is 0.584. The third-order valence-electron chi connectivity index (χ3n) is 2.43. The van der Waals surface area contributed by atoms with Crippen LogP contribution in [0.4, 0.5) is 5.82 Å². The summed E-state index contributed by atoms with van der Waals surface area (Å²) < 4.78 is 0. The first kappa shape index (κ1) is 12.9. The summed E-state index contributed by atoms with van der Waals surface area (Å²) in [5.74, 6) is 6.77. The first-order chi connectivity index (χ1) is 8.67. The van der Waals surface area contributed by atoms with Gasteiger partial charge in [0.25, 0.3) is 0 Å². The Morgan fingerprint density at radius 2 is 1.89 bits per heavy atom. The lowest BCUT2D eigenvalue weighted by Crippen LogP contribution is -2.08. The smallest absolute Gasteiger partial charge is 0.159 e. The van der Waals surface area contributed by atoms with E-state index < -0.39 is 0 Å². The maximum atomic E-state index is 5.30. The van der Waals surface area contributed by atoms with E-state index in [0.29, 0.717) is 5.82 Å². The SMILES string of the molecule is Cc1cc(C)cc(CSc2cncc(NN)n2)c1. The monoisotopic (exact) mass is 260 g/mol. The lowest BCUT2D eigenvalue weighted by molar-refractivity contribution is 1.04. The van der Waals surface area contributed by atoms with E-state index >= 15 is 0 Å². The quantitative estimate of drug-likeness (QED) is 0.502. The molecule has 1 heterocycles. The molecule has 5 heteroatoms. The number of nitrogens with one attached hydrogen (secondary N) is 1. The first-order valence-electron chi connectivity index (χ1n) is 5.66. The number of aromatic nitrogens is 2. The van der Waals surface area contributed by atoms with Crippen molar-refractivity contribution in [3.63, 3.8) is 0 Å². The highest BCUT2D eigenvalue weighted by Gasteiger charge is 2.01. The molecule has 0 aliphatic heterocycles. The predicted molar refractivity (Wildman–Crippen MR) is 75.3 cm³/mol. The van der Waals surface area contributed by atoms with Gasteiger partial charge in [0, 0.05) is 5.75 Å². The molecule has 1 aromatic carbocycles. The average molecular weight is 260 g/mol. The van der Waals surface area contributed by atoms with Gasteiger partial charge in [0.05, 0.1) is 12.4 Å². The second-order valence-corrected chi connectivity index (χ2v) is 5.17. The highest BCUT2D eigenvalue weighted by Crippen LogP contribution is 2.22. The van der Waals surface area contributed by atoms with Crippen molar-refractivity contribution in [3.8, 4) is 0 Å². The number of benzene rings is 1. The van der Waals surface area contributed by atoms with Gasteiger partial charge in [-0.25, -0.2) is 10.8 Å². The van der Waals surface area contributed by atoms with Crippen LogP contribution < -0.4 is 11.3 Å². The molecule has 0 amide bonds. The van der Waals surface area contributed by atoms with Gasteiger partial charge >= 0.3 is 0 Å². The van der Waals surface area contributed by atoms with E-state index in [1.807, 2.05) is 0 Å². The molecule has 0 saturated carbocycles. The third-order valence-corrected chi connectivity index (χ3v) is 3.40. The number of aryl methyl sites for hydroxylation is 2. The van der Waals surface area contributed by atoms with Gasteiger partial charge in [-0.05, 0) is 19.4 Å². The third kappa shape index (κ3) is 3.45. The molecule has 2 rings (SSSR count). The molecule has 0 unspecified atom stereocenters. The summed E-state index contributed by atoms with van der Waals surface area (Å²) in [6.07, 6.45) is 3.34. The van der Waals surface area contributed by atoms with Crippen molar-refractivity contribution < 1.29 is 0 Å². The van der Waals surface area contributed by atoms with Crippen molar-refractivity contribution >= 4 is 17.6 Å². The topological polar surface area (TPSA) is 63.8 Å². The van der Waals surface area contributed by atoms with Crippen LogP contribution >= 0.6 is 11.8 Å². The van der Waals surface area contributed by atoms with Crippen LogP contribution in [0.3, 0.4) is 0 Å². The van der Waals surface area contributed by atoms with Crippen molar-refractivity contribution in [2.75, 3.05) is 5.43 Å². The Bertz CT molecular complexity index is 522. The Hall–Kier alpha value is -1.59. The highest BCUT2D eigenvalue weighted by molar-refractivity contribution is 7.98. The van der Waals surface area contributed by atoms with E-state index in [-0.39, 0.29) is 0 Å². The highest BCUT2D eigenvalue weighted by atomic mass is 32.2. The van der Waals surface area contributed by atoms with Gasteiger partial charge in [0.15, 0.2) is 5.82 Å². The lowest BCUT2D eigenvalue weighted by atomic mass is 10.1. The predicted octanol–water partition coefficient (Wildman–Crippen LogP) is 2.67. The molecule has 4 nitrogen and oxygen atoms in total. The standard InChI is InChI=1S/C13H16N4S/c1-9-3-10(2)5-11(4-9)8-18-13-7-15-6-12(16-13)17-14/h3-7H,8,14H2,1-2H3,(H,16,17). The van der Waals surface area contributed by atoms with Gasteiger partial charge in [-0.15, -0.1) is 11.8 Å². The second kappa shape index (κ2) is 5.84. The Morgan fingerprint density at radius 1 is 1.17 bits per heavy atom. The molecule has 94 valence electrons. The number of thioether (sulfide) groups is 1. The largest absolute Gasteiger partial charge is 0.307 e. The van der Waals surface area contributed by atoms with Crippen LogP contribution in [-0.2, 0) is 5.75 Å². The number of nitrogens with two attached hydrogens (primary N) is 1. The van der Waals surface area contributed by atoms with Gasteiger partial charge in [0.1, 0.15) is 5.03 Å². The van der Waals surface area contributed by atoms with Crippen molar-refractivity contribution in [3.05, 3.63) is 47.3 Å². The maximum absolute atomic E-state index is 5.30. The summed E-state index contributed by atoms with van der Waals surface area (Å²) in [7, 11) is 0. The van der Waals surface area contributed by atoms with Gasteiger partial charge in [-0.3, -0.25) is 4.98 Å². The number of rotatable bonds is 4. The van der Waals surface area contributed by atoms with E-state index in [1.165, 1.54) is 16.7 Å². The summed E-state index contributed by atoms with van der Waals surface area (Å²) in [6, 6.07) is 6.56. The summed E-state index contributed by atoms with van der Waals surface area (Å²) >= 11 is 1.65. The van der Waals surface area contributed by atoms with E-state index in [9.17, 15) is 0 Å². The summed E-state index contributed by atoms with van der Waals surface area (Å²) in [5.41, 5.74) is 6.37. The molecule has 18 heavy (non-hydrogen) atoms. The van der Waals surface area contributed by atoms with Crippen LogP contribution in [0.5, 0.6) is 0 Å². The van der Waals surface area contributed by atoms with Gasteiger partial charge in [0.2, 0.25) is 0 Å². The number of nitrogens with zero attached hydrogens (tertiary/aromatic N) is 2. The Morgan fingerprint density at radius 3 is 2.56 bits per heavy atom. The molecule has 0 bridgehead atoms. The zero-order valence-electron chi connectivity index (χ0n) is 10.5. The van der Waals surface area contributed by atoms with Crippen LogP contribution in [-0.4, -0.2) is 9.97 Å². The van der Waals surface area contributed by atoms with Crippen molar-refractivity contribution in [2.24, 2.45) is 5.84 Å². The van der Waals surface area contributed by atoms with E-state index in [2.05, 4.69) is 47.4 Å². The minimum Gasteiger partial charge on any atom is -0.307 e. The first-order valence-corrected chi connectivity index (χ1v) is 6.64. The number of anilines is 1. The summed E-state index contributed by atoms with van der Waals surface area (Å²) in [6.45, 7) is 4.22. The number of hydrogen-bond donors (Lipinski definition) is 2. The van der Waals surface area contributed by atoms with E-state index in [1.54, 1.807) is 24.2 Å². The molecule has 0 radical (unpaired) electrons. The Labute approximate surface area is 111 Å². The van der Waals surface area contributed by atoms with Crippen LogP contribution in [0, 0.1) is 13.8 Å². The molecule has 0 atom stereocenters. The zero-order chi connectivity index (χ0) is 13.0. The fourth-order valence-corrected chi connectivity index (χ4v) is 2.58. The normalized spacial score (nSPS) is 10.4. The number of nitrogen functional groups attached to an aromatic ring is 1. The molecule has 0 spiro atoms. The van der Waals surface area contributed by atoms with Crippen LogP contribution in [0.1, 0.15) is 16.7 Å². The molecule has 0 aliphatic rings. The van der Waals surface area contributed by atoms with E-state index in [0.717, 1.165) is 10.8 Å². The fraction of sp³-hybridized carbons (Fsp3) is 0.231. The minimum atomic E-state index is 0.584. The molecular formula is C13H16N4S. The van der Waals surface area contributed by atoms with Crippen LogP contribution in [0.2, 0.25) is 0 Å². The molecule has 0 fully saturated rings.